The van der Waals surface area contributed by atoms with Gasteiger partial charge in [0.15, 0.2) is 0 Å². The quantitative estimate of drug-likeness (QED) is 0.712. The molecule has 0 saturated heterocycles. The molecule has 0 atom stereocenters. The van der Waals surface area contributed by atoms with Gasteiger partial charge in [-0.1, -0.05) is 12.1 Å². The van der Waals surface area contributed by atoms with Crippen molar-refractivity contribution in [1.29, 1.82) is 0 Å². The summed E-state index contributed by atoms with van der Waals surface area (Å²) in [6, 6.07) is 10.5. The van der Waals surface area contributed by atoms with Crippen molar-refractivity contribution in [3.63, 3.8) is 0 Å². The minimum Gasteiger partial charge on any atom is -0.326 e. The van der Waals surface area contributed by atoms with Gasteiger partial charge in [0, 0.05) is 12.1 Å². The van der Waals surface area contributed by atoms with Crippen LogP contribution in [0.2, 0.25) is 0 Å². The highest BCUT2D eigenvalue weighted by Crippen LogP contribution is 2.28. The normalized spacial score (nSPS) is 14.3. The van der Waals surface area contributed by atoms with Gasteiger partial charge in [0.05, 0.1) is 22.5 Å². The summed E-state index contributed by atoms with van der Waals surface area (Å²) >= 11 is 0. The maximum atomic E-state index is 12.7. The van der Waals surface area contributed by atoms with Crippen LogP contribution in [0.3, 0.4) is 0 Å². The third kappa shape index (κ3) is 4.14. The molecule has 1 aliphatic heterocycles. The lowest BCUT2D eigenvalue weighted by atomic mass is 10.0. The van der Waals surface area contributed by atoms with Crippen molar-refractivity contribution in [2.24, 2.45) is 0 Å². The van der Waals surface area contributed by atoms with E-state index in [1.165, 1.54) is 24.3 Å². The van der Waals surface area contributed by atoms with E-state index in [1.54, 1.807) is 18.2 Å². The van der Waals surface area contributed by atoms with Gasteiger partial charge in [-0.2, -0.15) is 0 Å². The summed E-state index contributed by atoms with van der Waals surface area (Å²) in [6.45, 7) is 0. The molecule has 3 N–H and O–H groups in total. The smallest absolute Gasteiger partial charge is 0.261 e. The average molecular weight is 395 g/mol. The lowest BCUT2D eigenvalue weighted by Crippen LogP contribution is -2.20. The number of hydrogen-bond acceptors (Lipinski definition) is 5. The number of anilines is 3. The first-order valence-electron chi connectivity index (χ1n) is 7.66. The van der Waals surface area contributed by atoms with Crippen LogP contribution in [0.25, 0.3) is 0 Å². The molecule has 2 aromatic rings. The number of hydrogen-bond donors (Lipinski definition) is 3. The van der Waals surface area contributed by atoms with Crippen molar-refractivity contribution in [2.45, 2.75) is 17.7 Å². The van der Waals surface area contributed by atoms with Crippen LogP contribution in [0.4, 0.5) is 17.1 Å². The largest absolute Gasteiger partial charge is 0.326 e. The molecule has 0 aliphatic carbocycles. The predicted molar refractivity (Wildman–Crippen MR) is 99.1 cm³/mol. The fourth-order valence-corrected chi connectivity index (χ4v) is 4.30. The number of aryl methyl sites for hydroxylation is 1. The van der Waals surface area contributed by atoms with Crippen LogP contribution in [0, 0.1) is 0 Å². The highest BCUT2D eigenvalue weighted by molar-refractivity contribution is 7.93. The summed E-state index contributed by atoms with van der Waals surface area (Å²) in [4.78, 5) is 11.4. The van der Waals surface area contributed by atoms with Crippen LogP contribution < -0.4 is 14.8 Å². The van der Waals surface area contributed by atoms with Gasteiger partial charge < -0.3 is 5.32 Å². The Balaban J connectivity index is 1.92. The molecule has 138 valence electrons. The molecule has 0 saturated carbocycles. The molecule has 0 radical (unpaired) electrons. The third-order valence-corrected chi connectivity index (χ3v) is 5.70. The molecule has 0 unspecified atom stereocenters. The maximum Gasteiger partial charge on any atom is 0.261 e. The average Bonchev–Trinajstić information content (AvgIpc) is 2.54. The van der Waals surface area contributed by atoms with Gasteiger partial charge in [-0.25, -0.2) is 16.8 Å². The van der Waals surface area contributed by atoms with Crippen molar-refractivity contribution in [3.05, 3.63) is 48.0 Å². The Morgan fingerprint density at radius 2 is 1.58 bits per heavy atom. The molecular formula is C16H17N3O5S2. The van der Waals surface area contributed by atoms with E-state index >= 15 is 0 Å². The Morgan fingerprint density at radius 1 is 0.923 bits per heavy atom. The molecule has 2 aromatic carbocycles. The molecule has 10 heteroatoms. The molecule has 1 aliphatic rings. The fourth-order valence-electron chi connectivity index (χ4n) is 2.59. The van der Waals surface area contributed by atoms with Crippen molar-refractivity contribution >= 4 is 43.0 Å². The fraction of sp³-hybridized carbons (Fsp3) is 0.188. The van der Waals surface area contributed by atoms with E-state index in [9.17, 15) is 21.6 Å². The first-order valence-corrected chi connectivity index (χ1v) is 11.0. The van der Waals surface area contributed by atoms with Gasteiger partial charge in [-0.15, -0.1) is 0 Å². The van der Waals surface area contributed by atoms with Crippen molar-refractivity contribution in [1.82, 2.24) is 0 Å². The zero-order valence-corrected chi connectivity index (χ0v) is 15.4. The Kier molecular flexibility index (Phi) is 4.63. The number of sulfonamides is 2. The summed E-state index contributed by atoms with van der Waals surface area (Å²) in [6.07, 6.45) is 1.73. The summed E-state index contributed by atoms with van der Waals surface area (Å²) in [5, 5.41) is 2.69. The van der Waals surface area contributed by atoms with Crippen LogP contribution in [-0.2, 0) is 31.3 Å². The highest BCUT2D eigenvalue weighted by Gasteiger charge is 2.21. The van der Waals surface area contributed by atoms with Crippen LogP contribution in [0.5, 0.6) is 0 Å². The molecule has 1 amide bonds. The summed E-state index contributed by atoms with van der Waals surface area (Å²) < 4.78 is 53.0. The molecule has 0 aromatic heterocycles. The molecular weight excluding hydrogens is 378 g/mol. The summed E-state index contributed by atoms with van der Waals surface area (Å²) in [7, 11) is -7.50. The Morgan fingerprint density at radius 3 is 2.23 bits per heavy atom. The monoisotopic (exact) mass is 395 g/mol. The number of amides is 1. The maximum absolute atomic E-state index is 12.7. The molecule has 0 fully saturated rings. The van der Waals surface area contributed by atoms with Crippen molar-refractivity contribution in [3.8, 4) is 0 Å². The molecule has 0 spiro atoms. The van der Waals surface area contributed by atoms with E-state index < -0.39 is 20.0 Å². The van der Waals surface area contributed by atoms with Crippen LogP contribution in [0.15, 0.2) is 47.4 Å². The molecule has 26 heavy (non-hydrogen) atoms. The summed E-state index contributed by atoms with van der Waals surface area (Å²) in [5.41, 5.74) is 1.57. The number of benzene rings is 2. The standard InChI is InChI=1S/C16H17N3O5S2/c1-25(21,22)18-14-4-2-3-5-15(14)19-26(23,24)12-7-8-13-11(10-12)6-9-16(20)17-13/h2-5,7-8,10,18-19H,6,9H2,1H3,(H,17,20). The van der Waals surface area contributed by atoms with E-state index in [0.717, 1.165) is 11.8 Å². The highest BCUT2D eigenvalue weighted by atomic mass is 32.2. The SMILES string of the molecule is CS(=O)(=O)Nc1ccccc1NS(=O)(=O)c1ccc2c(c1)CCC(=O)N2. The minimum atomic E-state index is -3.94. The summed E-state index contributed by atoms with van der Waals surface area (Å²) in [5.74, 6) is -0.105. The van der Waals surface area contributed by atoms with E-state index in [1.807, 2.05) is 0 Å². The lowest BCUT2D eigenvalue weighted by molar-refractivity contribution is -0.116. The van der Waals surface area contributed by atoms with Crippen LogP contribution >= 0.6 is 0 Å². The van der Waals surface area contributed by atoms with E-state index in [0.29, 0.717) is 18.5 Å². The van der Waals surface area contributed by atoms with E-state index in [2.05, 4.69) is 14.8 Å². The molecule has 0 bridgehead atoms. The zero-order chi connectivity index (χ0) is 18.9. The molecule has 8 nitrogen and oxygen atoms in total. The van der Waals surface area contributed by atoms with Crippen LogP contribution in [-0.4, -0.2) is 29.0 Å². The van der Waals surface area contributed by atoms with E-state index in [-0.39, 0.29) is 22.2 Å². The number of rotatable bonds is 5. The van der Waals surface area contributed by atoms with Gasteiger partial charge in [-0.05, 0) is 42.3 Å². The van der Waals surface area contributed by atoms with Crippen LogP contribution in [0.1, 0.15) is 12.0 Å². The molecule has 1 heterocycles. The number of nitrogens with one attached hydrogen (secondary N) is 3. The number of carbonyl (C=O) groups is 1. The van der Waals surface area contributed by atoms with Gasteiger partial charge in [0.1, 0.15) is 0 Å². The Hall–Kier alpha value is -2.59. The van der Waals surface area contributed by atoms with Crippen molar-refractivity contribution in [2.75, 3.05) is 21.0 Å². The third-order valence-electron chi connectivity index (χ3n) is 3.75. The second kappa shape index (κ2) is 6.61. The number of carbonyl (C=O) groups excluding carboxylic acids is 1. The Labute approximate surface area is 151 Å². The topological polar surface area (TPSA) is 121 Å². The van der Waals surface area contributed by atoms with Gasteiger partial charge in [0.25, 0.3) is 10.0 Å². The number of fused-ring (bicyclic) bond motifs is 1. The molecule has 3 rings (SSSR count). The van der Waals surface area contributed by atoms with Gasteiger partial charge >= 0.3 is 0 Å². The number of para-hydroxylation sites is 2. The Bertz CT molecular complexity index is 1080. The first kappa shape index (κ1) is 18.2. The lowest BCUT2D eigenvalue weighted by Gasteiger charge is -2.18. The second-order valence-electron chi connectivity index (χ2n) is 5.89. The zero-order valence-electron chi connectivity index (χ0n) is 13.8. The minimum absolute atomic E-state index is 0.0292. The van der Waals surface area contributed by atoms with Gasteiger partial charge in [-0.3, -0.25) is 14.2 Å². The van der Waals surface area contributed by atoms with Gasteiger partial charge in [0.2, 0.25) is 15.9 Å². The predicted octanol–water partition coefficient (Wildman–Crippen LogP) is 1.74. The van der Waals surface area contributed by atoms with Crippen molar-refractivity contribution < 1.29 is 21.6 Å². The van der Waals surface area contributed by atoms with E-state index in [4.69, 9.17) is 0 Å². The second-order valence-corrected chi connectivity index (χ2v) is 9.32. The first-order chi connectivity index (χ1) is 12.1.